The maximum Gasteiger partial charge on any atom is 0.191 e. The van der Waals surface area contributed by atoms with Gasteiger partial charge in [-0.2, -0.15) is 0 Å². The van der Waals surface area contributed by atoms with Crippen LogP contribution < -0.4 is 15.4 Å². The van der Waals surface area contributed by atoms with E-state index in [-0.39, 0.29) is 35.2 Å². The molecule has 1 aromatic carbocycles. The van der Waals surface area contributed by atoms with Crippen molar-refractivity contribution >= 4 is 29.9 Å². The summed E-state index contributed by atoms with van der Waals surface area (Å²) in [4.78, 5) is 6.71. The normalized spacial score (nSPS) is 20.1. The summed E-state index contributed by atoms with van der Waals surface area (Å²) in [7, 11) is 3.29. The Morgan fingerprint density at radius 1 is 1.36 bits per heavy atom. The fourth-order valence-electron chi connectivity index (χ4n) is 3.54. The van der Waals surface area contributed by atoms with Crippen LogP contribution in [-0.2, 0) is 11.3 Å². The highest BCUT2D eigenvalue weighted by Crippen LogP contribution is 2.25. The molecule has 0 aliphatic carbocycles. The lowest BCUT2D eigenvalue weighted by atomic mass is 9.89. The maximum atomic E-state index is 13.9. The third kappa shape index (κ3) is 6.18. The van der Waals surface area contributed by atoms with E-state index < -0.39 is 0 Å². The van der Waals surface area contributed by atoms with E-state index in [0.29, 0.717) is 11.8 Å². The predicted octanol–water partition coefficient (Wildman–Crippen LogP) is 2.62. The van der Waals surface area contributed by atoms with E-state index in [1.54, 1.807) is 12.1 Å². The number of methoxy groups -OCH3 is 1. The molecule has 2 heterocycles. The Hall–Kier alpha value is -1.13. The number of nitrogens with zero attached hydrogens (tertiary/aromatic N) is 2. The van der Waals surface area contributed by atoms with Crippen LogP contribution in [0, 0.1) is 11.2 Å². The Balaban J connectivity index is 0.00000280. The van der Waals surface area contributed by atoms with Gasteiger partial charge in [0.2, 0.25) is 0 Å². The molecule has 0 spiro atoms. The third-order valence-corrected chi connectivity index (χ3v) is 5.36. The Labute approximate surface area is 184 Å². The molecule has 28 heavy (non-hydrogen) atoms. The lowest BCUT2D eigenvalue weighted by molar-refractivity contribution is -0.0971. The quantitative estimate of drug-likeness (QED) is 0.353. The third-order valence-electron chi connectivity index (χ3n) is 5.36. The van der Waals surface area contributed by atoms with Crippen LogP contribution >= 0.6 is 24.0 Å². The Morgan fingerprint density at radius 2 is 2.07 bits per heavy atom. The van der Waals surface area contributed by atoms with E-state index in [4.69, 9.17) is 9.47 Å². The smallest absolute Gasteiger partial charge is 0.191 e. The van der Waals surface area contributed by atoms with Crippen molar-refractivity contribution in [1.29, 1.82) is 0 Å². The molecule has 0 bridgehead atoms. The number of aliphatic imine (C=N–C) groups is 1. The molecular weight excluding hydrogens is 474 g/mol. The van der Waals surface area contributed by atoms with Gasteiger partial charge in [0.05, 0.1) is 20.3 Å². The summed E-state index contributed by atoms with van der Waals surface area (Å²) in [5.74, 6) is 0.855. The zero-order valence-electron chi connectivity index (χ0n) is 17.0. The molecular formula is C20H32FIN4O2. The Bertz CT molecular complexity index is 662. The highest BCUT2D eigenvalue weighted by Gasteiger charge is 2.33. The monoisotopic (exact) mass is 506 g/mol. The number of hydrogen-bond donors (Lipinski definition) is 2. The molecule has 2 N–H and O–H groups in total. The topological polar surface area (TPSA) is 58.1 Å². The van der Waals surface area contributed by atoms with Crippen LogP contribution in [0.25, 0.3) is 0 Å². The molecule has 2 aliphatic rings. The summed E-state index contributed by atoms with van der Waals surface area (Å²) in [5.41, 5.74) is 1.20. The Kier molecular flexibility index (Phi) is 8.76. The summed E-state index contributed by atoms with van der Waals surface area (Å²) in [6, 6.07) is 5.61. The van der Waals surface area contributed by atoms with Crippen LogP contribution in [-0.4, -0.2) is 63.9 Å². The van der Waals surface area contributed by atoms with E-state index in [9.17, 15) is 4.39 Å². The first-order chi connectivity index (χ1) is 13.0. The molecule has 2 saturated heterocycles. The summed E-state index contributed by atoms with van der Waals surface area (Å²) >= 11 is 0. The summed E-state index contributed by atoms with van der Waals surface area (Å²) in [5, 5.41) is 6.95. The minimum absolute atomic E-state index is 0. The largest absolute Gasteiger partial charge is 0.494 e. The first-order valence-electron chi connectivity index (χ1n) is 9.61. The fourth-order valence-corrected chi connectivity index (χ4v) is 3.54. The lowest BCUT2D eigenvalue weighted by Gasteiger charge is -2.39. The number of nitrogens with one attached hydrogen (secondary N) is 2. The van der Waals surface area contributed by atoms with E-state index in [1.807, 2.05) is 13.1 Å². The minimum atomic E-state index is -0.299. The lowest BCUT2D eigenvalue weighted by Crippen LogP contribution is -2.53. The van der Waals surface area contributed by atoms with Crippen LogP contribution in [0.2, 0.25) is 0 Å². The van der Waals surface area contributed by atoms with Crippen molar-refractivity contribution in [3.63, 3.8) is 0 Å². The SMILES string of the molecule is CN=C(NCC1(C)COC1)NC1CCN(Cc2ccc(OC)c(F)c2)CC1.I. The number of rotatable bonds is 6. The van der Waals surface area contributed by atoms with Crippen LogP contribution in [0.4, 0.5) is 4.39 Å². The molecule has 2 fully saturated rings. The van der Waals surface area contributed by atoms with Crippen LogP contribution in [0.15, 0.2) is 23.2 Å². The van der Waals surface area contributed by atoms with Gasteiger partial charge in [0, 0.05) is 44.7 Å². The molecule has 6 nitrogen and oxygen atoms in total. The number of likely N-dealkylation sites (tertiary alicyclic amines) is 1. The predicted molar refractivity (Wildman–Crippen MR) is 120 cm³/mol. The second-order valence-electron chi connectivity index (χ2n) is 7.89. The molecule has 158 valence electrons. The van der Waals surface area contributed by atoms with Gasteiger partial charge < -0.3 is 20.1 Å². The molecule has 0 radical (unpaired) electrons. The van der Waals surface area contributed by atoms with Crippen molar-refractivity contribution < 1.29 is 13.9 Å². The van der Waals surface area contributed by atoms with Crippen LogP contribution in [0.1, 0.15) is 25.3 Å². The van der Waals surface area contributed by atoms with Crippen molar-refractivity contribution in [2.75, 3.05) is 47.0 Å². The summed E-state index contributed by atoms with van der Waals surface area (Å²) in [6.07, 6.45) is 2.08. The van der Waals surface area contributed by atoms with Gasteiger partial charge in [-0.25, -0.2) is 4.39 Å². The minimum Gasteiger partial charge on any atom is -0.494 e. The number of guanidine groups is 1. The number of halogens is 2. The number of benzene rings is 1. The van der Waals surface area contributed by atoms with Crippen LogP contribution in [0.5, 0.6) is 5.75 Å². The van der Waals surface area contributed by atoms with Crippen molar-refractivity contribution in [2.24, 2.45) is 10.4 Å². The van der Waals surface area contributed by atoms with Gasteiger partial charge in [0.1, 0.15) is 0 Å². The highest BCUT2D eigenvalue weighted by atomic mass is 127. The number of hydrogen-bond acceptors (Lipinski definition) is 4. The van der Waals surface area contributed by atoms with Gasteiger partial charge in [-0.15, -0.1) is 24.0 Å². The Morgan fingerprint density at radius 3 is 2.61 bits per heavy atom. The molecule has 0 aromatic heterocycles. The molecule has 0 atom stereocenters. The van der Waals surface area contributed by atoms with Gasteiger partial charge in [-0.3, -0.25) is 9.89 Å². The van der Waals surface area contributed by atoms with Gasteiger partial charge in [0.15, 0.2) is 17.5 Å². The van der Waals surface area contributed by atoms with Gasteiger partial charge in [-0.05, 0) is 30.5 Å². The molecule has 2 aliphatic heterocycles. The van der Waals surface area contributed by atoms with Crippen molar-refractivity contribution in [3.8, 4) is 5.75 Å². The van der Waals surface area contributed by atoms with Crippen LogP contribution in [0.3, 0.4) is 0 Å². The first kappa shape index (κ1) is 23.2. The molecule has 0 saturated carbocycles. The second-order valence-corrected chi connectivity index (χ2v) is 7.89. The average Bonchev–Trinajstić information content (AvgIpc) is 2.65. The molecule has 3 rings (SSSR count). The van der Waals surface area contributed by atoms with Crippen molar-refractivity contribution in [3.05, 3.63) is 29.6 Å². The summed E-state index contributed by atoms with van der Waals surface area (Å²) in [6.45, 7) is 7.43. The second kappa shape index (κ2) is 10.6. The van der Waals surface area contributed by atoms with E-state index in [2.05, 4.69) is 27.4 Å². The van der Waals surface area contributed by atoms with Gasteiger partial charge in [0.25, 0.3) is 0 Å². The van der Waals surface area contributed by atoms with Crippen molar-refractivity contribution in [2.45, 2.75) is 32.4 Å². The molecule has 8 heteroatoms. The highest BCUT2D eigenvalue weighted by molar-refractivity contribution is 14.0. The van der Waals surface area contributed by atoms with Gasteiger partial charge in [-0.1, -0.05) is 13.0 Å². The molecule has 1 aromatic rings. The van der Waals surface area contributed by atoms with Gasteiger partial charge >= 0.3 is 0 Å². The maximum absolute atomic E-state index is 13.9. The molecule has 0 unspecified atom stereocenters. The number of piperidine rings is 1. The summed E-state index contributed by atoms with van der Waals surface area (Å²) < 4.78 is 24.1. The van der Waals surface area contributed by atoms with E-state index >= 15 is 0 Å². The standard InChI is InChI=1S/C20H31FN4O2.HI/c1-20(13-27-14-20)12-23-19(22-2)24-16-6-8-25(9-7-16)11-15-4-5-18(26-3)17(21)10-15;/h4-5,10,16H,6-9,11-14H2,1-3H3,(H2,22,23,24);1H. The fraction of sp³-hybridized carbons (Fsp3) is 0.650. The van der Waals surface area contributed by atoms with E-state index in [1.165, 1.54) is 7.11 Å². The number of ether oxygens (including phenoxy) is 2. The van der Waals surface area contributed by atoms with E-state index in [0.717, 1.165) is 63.8 Å². The van der Waals surface area contributed by atoms with Crippen molar-refractivity contribution in [1.82, 2.24) is 15.5 Å². The first-order valence-corrected chi connectivity index (χ1v) is 9.61. The zero-order chi connectivity index (χ0) is 19.3. The zero-order valence-corrected chi connectivity index (χ0v) is 19.3. The average molecular weight is 506 g/mol. The molecule has 0 amide bonds.